The summed E-state index contributed by atoms with van der Waals surface area (Å²) in [5.41, 5.74) is 1.09. The van der Waals surface area contributed by atoms with Crippen molar-refractivity contribution < 1.29 is 9.59 Å². The molecule has 0 radical (unpaired) electrons. The Kier molecular flexibility index (Phi) is 4.25. The second kappa shape index (κ2) is 6.16. The maximum absolute atomic E-state index is 12.5. The number of hydrogen-bond acceptors (Lipinski definition) is 3. The molecule has 2 amide bonds. The Labute approximate surface area is 135 Å². The number of likely N-dealkylation sites (N-methyl/N-ethyl adjacent to an activating group) is 1. The van der Waals surface area contributed by atoms with Crippen molar-refractivity contribution in [2.45, 2.75) is 18.9 Å². The highest BCUT2D eigenvalue weighted by Crippen LogP contribution is 2.23. The van der Waals surface area contributed by atoms with Crippen molar-refractivity contribution in [3.63, 3.8) is 0 Å². The molecule has 2 fully saturated rings. The van der Waals surface area contributed by atoms with E-state index in [9.17, 15) is 9.59 Å². The first kappa shape index (κ1) is 15.2. The first-order valence-corrected chi connectivity index (χ1v) is 7.99. The van der Waals surface area contributed by atoms with Gasteiger partial charge in [0.15, 0.2) is 0 Å². The van der Waals surface area contributed by atoms with Crippen LogP contribution in [0.5, 0.6) is 0 Å². The Balaban J connectivity index is 1.60. The highest BCUT2D eigenvalue weighted by molar-refractivity contribution is 6.30. The predicted octanol–water partition coefficient (Wildman–Crippen LogP) is 1.61. The van der Waals surface area contributed by atoms with Gasteiger partial charge in [-0.3, -0.25) is 9.59 Å². The third-order valence-corrected chi connectivity index (χ3v) is 4.78. The van der Waals surface area contributed by atoms with Crippen LogP contribution >= 0.6 is 11.6 Å². The zero-order chi connectivity index (χ0) is 15.7. The SMILES string of the molecule is CN1C(=O)CCC1C(=O)N1CCN(c2cccc(Cl)c2)CC1. The molecule has 0 N–H and O–H groups in total. The maximum atomic E-state index is 12.5. The molecule has 1 aromatic rings. The van der Waals surface area contributed by atoms with Gasteiger partial charge < -0.3 is 14.7 Å². The molecule has 2 aliphatic rings. The van der Waals surface area contributed by atoms with Crippen LogP contribution in [0.2, 0.25) is 5.02 Å². The van der Waals surface area contributed by atoms with E-state index in [1.807, 2.05) is 29.2 Å². The molecule has 1 atom stereocenters. The average molecular weight is 322 g/mol. The standard InChI is InChI=1S/C16H20ClN3O2/c1-18-14(5-6-15(18)21)16(22)20-9-7-19(8-10-20)13-4-2-3-12(17)11-13/h2-4,11,14H,5-10H2,1H3. The minimum Gasteiger partial charge on any atom is -0.368 e. The maximum Gasteiger partial charge on any atom is 0.245 e. The monoisotopic (exact) mass is 321 g/mol. The molecule has 2 saturated heterocycles. The molecule has 118 valence electrons. The molecular weight excluding hydrogens is 302 g/mol. The zero-order valence-corrected chi connectivity index (χ0v) is 13.4. The summed E-state index contributed by atoms with van der Waals surface area (Å²) in [5, 5.41) is 0.724. The summed E-state index contributed by atoms with van der Waals surface area (Å²) in [4.78, 5) is 29.8. The number of nitrogens with zero attached hydrogens (tertiary/aromatic N) is 3. The van der Waals surface area contributed by atoms with Crippen LogP contribution in [-0.4, -0.2) is 60.9 Å². The van der Waals surface area contributed by atoms with Gasteiger partial charge in [0.1, 0.15) is 6.04 Å². The topological polar surface area (TPSA) is 43.9 Å². The van der Waals surface area contributed by atoms with Gasteiger partial charge in [0, 0.05) is 50.4 Å². The predicted molar refractivity (Wildman–Crippen MR) is 86.0 cm³/mol. The number of amides is 2. The molecule has 0 aliphatic carbocycles. The Morgan fingerprint density at radius 3 is 2.55 bits per heavy atom. The second-order valence-electron chi connectivity index (χ2n) is 5.85. The summed E-state index contributed by atoms with van der Waals surface area (Å²) >= 11 is 6.03. The lowest BCUT2D eigenvalue weighted by Crippen LogP contribution is -2.53. The number of hydrogen-bond donors (Lipinski definition) is 0. The Hall–Kier alpha value is -1.75. The molecule has 5 nitrogen and oxygen atoms in total. The quantitative estimate of drug-likeness (QED) is 0.831. The molecule has 22 heavy (non-hydrogen) atoms. The van der Waals surface area contributed by atoms with Gasteiger partial charge in [-0.2, -0.15) is 0 Å². The fraction of sp³-hybridized carbons (Fsp3) is 0.500. The lowest BCUT2D eigenvalue weighted by Gasteiger charge is -2.38. The minimum atomic E-state index is -0.273. The molecule has 2 heterocycles. The lowest BCUT2D eigenvalue weighted by atomic mass is 10.1. The molecule has 1 aromatic carbocycles. The van der Waals surface area contributed by atoms with E-state index in [0.29, 0.717) is 25.9 Å². The zero-order valence-electron chi connectivity index (χ0n) is 12.7. The van der Waals surface area contributed by atoms with Crippen molar-refractivity contribution in [2.75, 3.05) is 38.1 Å². The van der Waals surface area contributed by atoms with Crippen LogP contribution < -0.4 is 4.90 Å². The van der Waals surface area contributed by atoms with E-state index in [-0.39, 0.29) is 17.9 Å². The number of carbonyl (C=O) groups is 2. The number of anilines is 1. The van der Waals surface area contributed by atoms with Crippen molar-refractivity contribution in [3.05, 3.63) is 29.3 Å². The van der Waals surface area contributed by atoms with Crippen molar-refractivity contribution in [2.24, 2.45) is 0 Å². The van der Waals surface area contributed by atoms with Gasteiger partial charge in [0.25, 0.3) is 0 Å². The Bertz CT molecular complexity index is 585. The number of likely N-dealkylation sites (tertiary alicyclic amines) is 1. The first-order valence-electron chi connectivity index (χ1n) is 7.61. The third kappa shape index (κ3) is 2.90. The van der Waals surface area contributed by atoms with Gasteiger partial charge in [-0.1, -0.05) is 17.7 Å². The Morgan fingerprint density at radius 1 is 1.23 bits per heavy atom. The fourth-order valence-electron chi connectivity index (χ4n) is 3.16. The summed E-state index contributed by atoms with van der Waals surface area (Å²) in [7, 11) is 1.72. The van der Waals surface area contributed by atoms with Gasteiger partial charge in [-0.25, -0.2) is 0 Å². The molecule has 6 heteroatoms. The van der Waals surface area contributed by atoms with Crippen LogP contribution in [0.1, 0.15) is 12.8 Å². The Morgan fingerprint density at radius 2 is 1.95 bits per heavy atom. The van der Waals surface area contributed by atoms with Gasteiger partial charge in [0.05, 0.1) is 0 Å². The number of benzene rings is 1. The van der Waals surface area contributed by atoms with E-state index in [4.69, 9.17) is 11.6 Å². The third-order valence-electron chi connectivity index (χ3n) is 4.54. The molecule has 0 aromatic heterocycles. The number of carbonyl (C=O) groups excluding carboxylic acids is 2. The summed E-state index contributed by atoms with van der Waals surface area (Å²) in [6, 6.07) is 7.51. The van der Waals surface area contributed by atoms with Gasteiger partial charge in [-0.15, -0.1) is 0 Å². The molecule has 0 spiro atoms. The highest BCUT2D eigenvalue weighted by Gasteiger charge is 2.36. The molecule has 0 bridgehead atoms. The highest BCUT2D eigenvalue weighted by atomic mass is 35.5. The molecular formula is C16H20ClN3O2. The van der Waals surface area contributed by atoms with Crippen LogP contribution in [0.3, 0.4) is 0 Å². The van der Waals surface area contributed by atoms with Crippen LogP contribution in [0.25, 0.3) is 0 Å². The van der Waals surface area contributed by atoms with Gasteiger partial charge in [-0.05, 0) is 24.6 Å². The summed E-state index contributed by atoms with van der Waals surface area (Å²) in [5.74, 6) is 0.148. The fourth-order valence-corrected chi connectivity index (χ4v) is 3.35. The van der Waals surface area contributed by atoms with Gasteiger partial charge >= 0.3 is 0 Å². The number of piperazine rings is 1. The average Bonchev–Trinajstić information content (AvgIpc) is 2.86. The van der Waals surface area contributed by atoms with Gasteiger partial charge in [0.2, 0.25) is 11.8 Å². The van der Waals surface area contributed by atoms with Crippen LogP contribution in [0.15, 0.2) is 24.3 Å². The van der Waals surface area contributed by atoms with E-state index in [0.717, 1.165) is 23.8 Å². The molecule has 2 aliphatic heterocycles. The number of halogens is 1. The molecule has 0 saturated carbocycles. The smallest absolute Gasteiger partial charge is 0.245 e. The van der Waals surface area contributed by atoms with Crippen molar-refractivity contribution in [1.29, 1.82) is 0 Å². The minimum absolute atomic E-state index is 0.0657. The normalized spacial score (nSPS) is 22.4. The lowest BCUT2D eigenvalue weighted by molar-refractivity contribution is -0.140. The van der Waals surface area contributed by atoms with Crippen LogP contribution in [-0.2, 0) is 9.59 Å². The summed E-state index contributed by atoms with van der Waals surface area (Å²) in [6.45, 7) is 2.95. The van der Waals surface area contributed by atoms with Crippen molar-refractivity contribution >= 4 is 29.1 Å². The number of rotatable bonds is 2. The van der Waals surface area contributed by atoms with E-state index in [2.05, 4.69) is 4.90 Å². The largest absolute Gasteiger partial charge is 0.368 e. The summed E-state index contributed by atoms with van der Waals surface area (Å²) in [6.07, 6.45) is 1.12. The molecule has 3 rings (SSSR count). The van der Waals surface area contributed by atoms with Crippen molar-refractivity contribution in [1.82, 2.24) is 9.80 Å². The second-order valence-corrected chi connectivity index (χ2v) is 6.29. The van der Waals surface area contributed by atoms with E-state index < -0.39 is 0 Å². The summed E-state index contributed by atoms with van der Waals surface area (Å²) < 4.78 is 0. The van der Waals surface area contributed by atoms with E-state index in [1.165, 1.54) is 0 Å². The van der Waals surface area contributed by atoms with Crippen molar-refractivity contribution in [3.8, 4) is 0 Å². The van der Waals surface area contributed by atoms with E-state index in [1.54, 1.807) is 11.9 Å². The molecule has 1 unspecified atom stereocenters. The van der Waals surface area contributed by atoms with Crippen LogP contribution in [0, 0.1) is 0 Å². The first-order chi connectivity index (χ1) is 10.6. The van der Waals surface area contributed by atoms with Crippen LogP contribution in [0.4, 0.5) is 5.69 Å². The van der Waals surface area contributed by atoms with E-state index >= 15 is 0 Å².